The zero-order chi connectivity index (χ0) is 23.0. The van der Waals surface area contributed by atoms with Gasteiger partial charge in [0.05, 0.1) is 5.69 Å². The maximum atomic E-state index is 13.5. The molecular formula is C25H20Cl2N2O2S. The number of hydrogen-bond donors (Lipinski definition) is 1. The average molecular weight is 483 g/mol. The summed E-state index contributed by atoms with van der Waals surface area (Å²) in [6.45, 7) is 5.81. The number of carbonyl (C=O) groups is 2. The number of benzene rings is 3. The maximum Gasteiger partial charge on any atom is 0.283 e. The molecule has 0 spiro atoms. The highest BCUT2D eigenvalue weighted by Crippen LogP contribution is 2.39. The molecule has 162 valence electrons. The van der Waals surface area contributed by atoms with E-state index in [2.05, 4.69) is 5.32 Å². The lowest BCUT2D eigenvalue weighted by atomic mass is 10.1. The first-order valence-electron chi connectivity index (χ1n) is 9.92. The Bertz CT molecular complexity index is 1270. The molecule has 0 aromatic heterocycles. The number of nitrogens with one attached hydrogen (secondary N) is 1. The smallest absolute Gasteiger partial charge is 0.283 e. The number of nitrogens with zero attached hydrogens (tertiary/aromatic N) is 1. The predicted molar refractivity (Wildman–Crippen MR) is 133 cm³/mol. The number of imide groups is 1. The maximum absolute atomic E-state index is 13.5. The van der Waals surface area contributed by atoms with Gasteiger partial charge in [0.15, 0.2) is 0 Å². The van der Waals surface area contributed by atoms with E-state index < -0.39 is 5.91 Å². The number of thioether (sulfide) groups is 1. The molecule has 3 aromatic carbocycles. The van der Waals surface area contributed by atoms with Crippen LogP contribution >= 0.6 is 35.0 Å². The van der Waals surface area contributed by atoms with Crippen LogP contribution in [0.25, 0.3) is 0 Å². The highest BCUT2D eigenvalue weighted by Gasteiger charge is 2.41. The summed E-state index contributed by atoms with van der Waals surface area (Å²) in [4.78, 5) is 29.4. The quantitative estimate of drug-likeness (QED) is 0.401. The van der Waals surface area contributed by atoms with E-state index in [0.29, 0.717) is 20.6 Å². The molecule has 1 N–H and O–H groups in total. The van der Waals surface area contributed by atoms with E-state index in [4.69, 9.17) is 23.2 Å². The van der Waals surface area contributed by atoms with Crippen molar-refractivity contribution in [3.63, 3.8) is 0 Å². The van der Waals surface area contributed by atoms with Gasteiger partial charge < -0.3 is 5.32 Å². The van der Waals surface area contributed by atoms with Gasteiger partial charge in [-0.15, -0.1) is 0 Å². The fraction of sp³-hybridized carbons (Fsp3) is 0.120. The van der Waals surface area contributed by atoms with Crippen LogP contribution in [0.1, 0.15) is 16.7 Å². The molecule has 0 aliphatic carbocycles. The Labute approximate surface area is 201 Å². The third-order valence-electron chi connectivity index (χ3n) is 5.34. The van der Waals surface area contributed by atoms with Crippen molar-refractivity contribution in [3.8, 4) is 0 Å². The first-order valence-corrected chi connectivity index (χ1v) is 11.5. The summed E-state index contributed by atoms with van der Waals surface area (Å²) in [7, 11) is 0. The van der Waals surface area contributed by atoms with E-state index in [0.717, 1.165) is 27.3 Å². The molecule has 0 unspecified atom stereocenters. The fourth-order valence-corrected chi connectivity index (χ4v) is 4.72. The molecule has 1 aliphatic rings. The number of rotatable bonds is 5. The molecule has 2 amide bonds. The van der Waals surface area contributed by atoms with Crippen LogP contribution in [0.4, 0.5) is 11.4 Å². The summed E-state index contributed by atoms with van der Waals surface area (Å²) in [6, 6.07) is 18.1. The SMILES string of the molecule is Cc1cc(Cl)ccc1N1C(=O)C(Nc2cccc(C)c2C)=C(Sc2ccc(Cl)cc2)C1=O. The highest BCUT2D eigenvalue weighted by atomic mass is 35.5. The van der Waals surface area contributed by atoms with Crippen molar-refractivity contribution in [1.82, 2.24) is 0 Å². The zero-order valence-corrected chi connectivity index (χ0v) is 20.0. The van der Waals surface area contributed by atoms with Crippen LogP contribution in [-0.2, 0) is 9.59 Å². The largest absolute Gasteiger partial charge is 0.350 e. The molecule has 32 heavy (non-hydrogen) atoms. The summed E-state index contributed by atoms with van der Waals surface area (Å²) in [5.74, 6) is -0.786. The van der Waals surface area contributed by atoms with Crippen molar-refractivity contribution < 1.29 is 9.59 Å². The van der Waals surface area contributed by atoms with Gasteiger partial charge in [-0.3, -0.25) is 9.59 Å². The van der Waals surface area contributed by atoms with Gasteiger partial charge in [0, 0.05) is 20.6 Å². The van der Waals surface area contributed by atoms with Gasteiger partial charge in [-0.2, -0.15) is 0 Å². The van der Waals surface area contributed by atoms with Gasteiger partial charge in [0.1, 0.15) is 10.6 Å². The van der Waals surface area contributed by atoms with Crippen molar-refractivity contribution in [1.29, 1.82) is 0 Å². The minimum atomic E-state index is -0.405. The molecule has 4 nitrogen and oxygen atoms in total. The lowest BCUT2D eigenvalue weighted by Crippen LogP contribution is -2.33. The zero-order valence-electron chi connectivity index (χ0n) is 17.7. The number of hydrogen-bond acceptors (Lipinski definition) is 4. The van der Waals surface area contributed by atoms with E-state index in [-0.39, 0.29) is 11.6 Å². The topological polar surface area (TPSA) is 49.4 Å². The van der Waals surface area contributed by atoms with Crippen LogP contribution in [0.3, 0.4) is 0 Å². The van der Waals surface area contributed by atoms with Crippen molar-refractivity contribution >= 4 is 58.2 Å². The summed E-state index contributed by atoms with van der Waals surface area (Å²) in [5, 5.41) is 4.38. The first-order chi connectivity index (χ1) is 15.3. The highest BCUT2D eigenvalue weighted by molar-refractivity contribution is 8.04. The van der Waals surface area contributed by atoms with Crippen LogP contribution in [0, 0.1) is 20.8 Å². The second-order valence-electron chi connectivity index (χ2n) is 7.51. The molecule has 1 heterocycles. The molecule has 7 heteroatoms. The molecule has 0 saturated carbocycles. The summed E-state index contributed by atoms with van der Waals surface area (Å²) >= 11 is 13.3. The van der Waals surface area contributed by atoms with Gasteiger partial charge in [0.2, 0.25) is 0 Å². The second-order valence-corrected chi connectivity index (χ2v) is 9.47. The van der Waals surface area contributed by atoms with E-state index in [9.17, 15) is 9.59 Å². The first kappa shape index (κ1) is 22.5. The normalized spacial score (nSPS) is 13.8. The van der Waals surface area contributed by atoms with Crippen LogP contribution in [-0.4, -0.2) is 11.8 Å². The molecule has 1 aliphatic heterocycles. The van der Waals surface area contributed by atoms with Crippen molar-refractivity contribution in [3.05, 3.63) is 98.0 Å². The number of amides is 2. The van der Waals surface area contributed by atoms with Gasteiger partial charge in [0.25, 0.3) is 11.8 Å². The summed E-state index contributed by atoms with van der Waals surface area (Å²) in [5.41, 5.74) is 4.38. The minimum absolute atomic E-state index is 0.248. The Balaban J connectivity index is 1.79. The molecule has 4 rings (SSSR count). The molecule has 0 fully saturated rings. The third kappa shape index (κ3) is 4.29. The van der Waals surface area contributed by atoms with E-state index in [1.54, 1.807) is 30.3 Å². The van der Waals surface area contributed by atoms with Crippen LogP contribution in [0.5, 0.6) is 0 Å². The Morgan fingerprint density at radius 2 is 1.50 bits per heavy atom. The van der Waals surface area contributed by atoms with E-state index in [1.165, 1.54) is 16.7 Å². The third-order valence-corrected chi connectivity index (χ3v) is 6.92. The van der Waals surface area contributed by atoms with Crippen LogP contribution in [0.2, 0.25) is 10.0 Å². The molecule has 3 aromatic rings. The standard InChI is InChI=1S/C25H20Cl2N2O2S/c1-14-5-4-6-20(16(14)3)28-22-23(32-19-10-7-17(26)8-11-19)25(31)29(24(22)30)21-12-9-18(27)13-15(21)2/h4-13,28H,1-3H3. The van der Waals surface area contributed by atoms with Crippen molar-refractivity contribution in [2.45, 2.75) is 25.7 Å². The number of anilines is 2. The van der Waals surface area contributed by atoms with Gasteiger partial charge in [-0.1, -0.05) is 47.1 Å². The molecule has 0 atom stereocenters. The van der Waals surface area contributed by atoms with Gasteiger partial charge in [-0.25, -0.2) is 4.90 Å². The summed E-state index contributed by atoms with van der Waals surface area (Å²) < 4.78 is 0. The molecular weight excluding hydrogens is 463 g/mol. The lowest BCUT2D eigenvalue weighted by molar-refractivity contribution is -0.120. The number of carbonyl (C=O) groups excluding carboxylic acids is 2. The summed E-state index contributed by atoms with van der Waals surface area (Å²) in [6.07, 6.45) is 0. The Morgan fingerprint density at radius 3 is 2.19 bits per heavy atom. The Morgan fingerprint density at radius 1 is 0.812 bits per heavy atom. The molecule has 0 radical (unpaired) electrons. The number of halogens is 2. The van der Waals surface area contributed by atoms with E-state index >= 15 is 0 Å². The van der Waals surface area contributed by atoms with Gasteiger partial charge >= 0.3 is 0 Å². The van der Waals surface area contributed by atoms with Crippen molar-refractivity contribution in [2.75, 3.05) is 10.2 Å². The monoisotopic (exact) mass is 482 g/mol. The Hall–Kier alpha value is -2.73. The van der Waals surface area contributed by atoms with Crippen LogP contribution < -0.4 is 10.2 Å². The van der Waals surface area contributed by atoms with Crippen molar-refractivity contribution in [2.24, 2.45) is 0 Å². The van der Waals surface area contributed by atoms with Gasteiger partial charge in [-0.05, 0) is 86.0 Å². The molecule has 0 saturated heterocycles. The number of aryl methyl sites for hydroxylation is 2. The van der Waals surface area contributed by atoms with Crippen LogP contribution in [0.15, 0.2) is 76.2 Å². The predicted octanol–water partition coefficient (Wildman–Crippen LogP) is 6.91. The second kappa shape index (κ2) is 9.02. The lowest BCUT2D eigenvalue weighted by Gasteiger charge is -2.18. The minimum Gasteiger partial charge on any atom is -0.350 e. The average Bonchev–Trinajstić information content (AvgIpc) is 2.97. The molecule has 0 bridgehead atoms. The Kier molecular flexibility index (Phi) is 6.33. The fourth-order valence-electron chi connectivity index (χ4n) is 3.44. The van der Waals surface area contributed by atoms with E-state index in [1.807, 2.05) is 51.1 Å².